The summed E-state index contributed by atoms with van der Waals surface area (Å²) in [5.41, 5.74) is 3.05. The topological polar surface area (TPSA) is 60.7 Å². The summed E-state index contributed by atoms with van der Waals surface area (Å²) >= 11 is 0. The Labute approximate surface area is 166 Å². The number of hydrogen-bond acceptors (Lipinski definition) is 3. The SMILES string of the molecule is N=C(N=C(/C=C/c1ccccc1)N1CCOCC1)c1ccc(NC2CC2)cc1. The number of amidine groups is 2. The van der Waals surface area contributed by atoms with E-state index in [2.05, 4.69) is 27.3 Å². The zero-order chi connectivity index (χ0) is 19.2. The second-order valence-electron chi connectivity index (χ2n) is 7.16. The molecule has 1 aliphatic heterocycles. The van der Waals surface area contributed by atoms with Crippen LogP contribution in [-0.4, -0.2) is 48.9 Å². The maximum atomic E-state index is 8.49. The molecule has 0 radical (unpaired) electrons. The van der Waals surface area contributed by atoms with Gasteiger partial charge in [-0.3, -0.25) is 5.41 Å². The Morgan fingerprint density at radius 3 is 2.43 bits per heavy atom. The van der Waals surface area contributed by atoms with Crippen molar-refractivity contribution in [3.63, 3.8) is 0 Å². The summed E-state index contributed by atoms with van der Waals surface area (Å²) in [5, 5.41) is 12.0. The Kier molecular flexibility index (Phi) is 5.83. The van der Waals surface area contributed by atoms with Gasteiger partial charge >= 0.3 is 0 Å². The molecule has 5 nitrogen and oxygen atoms in total. The van der Waals surface area contributed by atoms with Crippen LogP contribution in [0.1, 0.15) is 24.0 Å². The average Bonchev–Trinajstić information content (AvgIpc) is 3.57. The maximum absolute atomic E-state index is 8.49. The number of morpholine rings is 1. The van der Waals surface area contributed by atoms with Gasteiger partial charge in [0.1, 0.15) is 5.84 Å². The molecule has 0 atom stereocenters. The molecular formula is C23H26N4O. The Balaban J connectivity index is 1.52. The minimum absolute atomic E-state index is 0.275. The lowest BCUT2D eigenvalue weighted by Gasteiger charge is -2.28. The minimum atomic E-state index is 0.275. The number of hydrogen-bond donors (Lipinski definition) is 2. The van der Waals surface area contributed by atoms with Crippen LogP contribution in [0.5, 0.6) is 0 Å². The lowest BCUT2D eigenvalue weighted by atomic mass is 10.2. The summed E-state index contributed by atoms with van der Waals surface area (Å²) < 4.78 is 5.47. The largest absolute Gasteiger partial charge is 0.382 e. The predicted octanol–water partition coefficient (Wildman–Crippen LogP) is 4.03. The molecule has 2 fully saturated rings. The summed E-state index contributed by atoms with van der Waals surface area (Å²) in [5.74, 6) is 1.08. The second-order valence-corrected chi connectivity index (χ2v) is 7.16. The van der Waals surface area contributed by atoms with Crippen LogP contribution in [0.3, 0.4) is 0 Å². The smallest absolute Gasteiger partial charge is 0.154 e. The highest BCUT2D eigenvalue weighted by molar-refractivity contribution is 6.09. The number of nitrogens with one attached hydrogen (secondary N) is 2. The summed E-state index contributed by atoms with van der Waals surface area (Å²) in [4.78, 5) is 6.83. The fourth-order valence-corrected chi connectivity index (χ4v) is 3.11. The van der Waals surface area contributed by atoms with Crippen LogP contribution < -0.4 is 5.32 Å². The van der Waals surface area contributed by atoms with Crippen LogP contribution in [0.15, 0.2) is 65.7 Å². The van der Waals surface area contributed by atoms with E-state index in [-0.39, 0.29) is 5.84 Å². The van der Waals surface area contributed by atoms with Crippen molar-refractivity contribution in [3.8, 4) is 0 Å². The normalized spacial score (nSPS) is 17.7. The molecule has 2 aromatic rings. The van der Waals surface area contributed by atoms with Crippen LogP contribution in [-0.2, 0) is 4.74 Å². The monoisotopic (exact) mass is 374 g/mol. The molecule has 144 valence electrons. The number of nitrogens with zero attached hydrogens (tertiary/aromatic N) is 2. The van der Waals surface area contributed by atoms with Crippen LogP contribution in [0.2, 0.25) is 0 Å². The molecule has 0 aromatic heterocycles. The Hall–Kier alpha value is -2.92. The second kappa shape index (κ2) is 8.85. The first kappa shape index (κ1) is 18.4. The molecule has 2 aliphatic rings. The van der Waals surface area contributed by atoms with Crippen molar-refractivity contribution in [3.05, 3.63) is 71.8 Å². The highest BCUT2D eigenvalue weighted by Crippen LogP contribution is 2.24. The Morgan fingerprint density at radius 2 is 1.75 bits per heavy atom. The van der Waals surface area contributed by atoms with Gasteiger partial charge in [0.05, 0.1) is 13.2 Å². The molecule has 2 aromatic carbocycles. The Bertz CT molecular complexity index is 848. The van der Waals surface area contributed by atoms with Crippen molar-refractivity contribution in [2.75, 3.05) is 31.6 Å². The van der Waals surface area contributed by atoms with E-state index in [9.17, 15) is 0 Å². The van der Waals surface area contributed by atoms with E-state index >= 15 is 0 Å². The highest BCUT2D eigenvalue weighted by atomic mass is 16.5. The van der Waals surface area contributed by atoms with Crippen LogP contribution in [0.25, 0.3) is 6.08 Å². The fraction of sp³-hybridized carbons (Fsp3) is 0.304. The number of rotatable bonds is 5. The van der Waals surface area contributed by atoms with E-state index in [0.29, 0.717) is 19.3 Å². The van der Waals surface area contributed by atoms with Crippen LogP contribution >= 0.6 is 0 Å². The van der Waals surface area contributed by atoms with Gasteiger partial charge < -0.3 is 15.0 Å². The molecule has 0 unspecified atom stereocenters. The fourth-order valence-electron chi connectivity index (χ4n) is 3.11. The van der Waals surface area contributed by atoms with Crippen molar-refractivity contribution in [1.82, 2.24) is 4.90 Å². The van der Waals surface area contributed by atoms with Crippen molar-refractivity contribution >= 4 is 23.4 Å². The van der Waals surface area contributed by atoms with Gasteiger partial charge in [-0.1, -0.05) is 36.4 Å². The molecule has 1 saturated heterocycles. The van der Waals surface area contributed by atoms with Crippen molar-refractivity contribution < 1.29 is 4.74 Å². The quantitative estimate of drug-likeness (QED) is 0.614. The number of aliphatic imine (C=N–C) groups is 1. The molecule has 0 spiro atoms. The molecule has 4 rings (SSSR count). The van der Waals surface area contributed by atoms with E-state index < -0.39 is 0 Å². The van der Waals surface area contributed by atoms with Gasteiger partial charge in [-0.15, -0.1) is 0 Å². The lowest BCUT2D eigenvalue weighted by Crippen LogP contribution is -2.40. The summed E-state index contributed by atoms with van der Waals surface area (Å²) in [6.45, 7) is 2.95. The molecular weight excluding hydrogens is 348 g/mol. The number of benzene rings is 2. The molecule has 0 bridgehead atoms. The summed E-state index contributed by atoms with van der Waals surface area (Å²) in [7, 11) is 0. The first-order valence-corrected chi connectivity index (χ1v) is 9.88. The first-order chi connectivity index (χ1) is 13.8. The third kappa shape index (κ3) is 5.08. The number of ether oxygens (including phenoxy) is 1. The molecule has 28 heavy (non-hydrogen) atoms. The van der Waals surface area contributed by atoms with E-state index in [4.69, 9.17) is 10.1 Å². The molecule has 5 heteroatoms. The maximum Gasteiger partial charge on any atom is 0.154 e. The molecule has 1 aliphatic carbocycles. The van der Waals surface area contributed by atoms with Gasteiger partial charge in [-0.25, -0.2) is 4.99 Å². The average molecular weight is 374 g/mol. The van der Waals surface area contributed by atoms with Gasteiger partial charge in [-0.2, -0.15) is 0 Å². The van der Waals surface area contributed by atoms with E-state index in [1.165, 1.54) is 12.8 Å². The summed E-state index contributed by atoms with van der Waals surface area (Å²) in [6.07, 6.45) is 6.54. The van der Waals surface area contributed by atoms with Crippen molar-refractivity contribution in [1.29, 1.82) is 5.41 Å². The Morgan fingerprint density at radius 1 is 1.04 bits per heavy atom. The molecule has 2 N–H and O–H groups in total. The van der Waals surface area contributed by atoms with Crippen LogP contribution in [0.4, 0.5) is 5.69 Å². The van der Waals surface area contributed by atoms with Gasteiger partial charge in [0.25, 0.3) is 0 Å². The van der Waals surface area contributed by atoms with Gasteiger partial charge in [-0.05, 0) is 48.7 Å². The molecule has 1 saturated carbocycles. The third-order valence-corrected chi connectivity index (χ3v) is 4.89. The van der Waals surface area contributed by atoms with Gasteiger partial charge in [0.15, 0.2) is 5.84 Å². The minimum Gasteiger partial charge on any atom is -0.382 e. The summed E-state index contributed by atoms with van der Waals surface area (Å²) in [6, 6.07) is 18.8. The molecule has 0 amide bonds. The van der Waals surface area contributed by atoms with Gasteiger partial charge in [0, 0.05) is 30.4 Å². The first-order valence-electron chi connectivity index (χ1n) is 9.88. The van der Waals surface area contributed by atoms with Crippen molar-refractivity contribution in [2.45, 2.75) is 18.9 Å². The van der Waals surface area contributed by atoms with E-state index in [1.807, 2.05) is 54.6 Å². The van der Waals surface area contributed by atoms with Crippen molar-refractivity contribution in [2.24, 2.45) is 4.99 Å². The lowest BCUT2D eigenvalue weighted by molar-refractivity contribution is 0.0685. The third-order valence-electron chi connectivity index (χ3n) is 4.89. The highest BCUT2D eigenvalue weighted by Gasteiger charge is 2.20. The van der Waals surface area contributed by atoms with Gasteiger partial charge in [0.2, 0.25) is 0 Å². The zero-order valence-corrected chi connectivity index (χ0v) is 16.0. The molecule has 1 heterocycles. The number of anilines is 1. The zero-order valence-electron chi connectivity index (χ0n) is 16.0. The van der Waals surface area contributed by atoms with Crippen LogP contribution in [0, 0.1) is 5.41 Å². The standard InChI is InChI=1S/C23H26N4O/c24-23(19-7-9-20(10-8-19)25-21-11-12-21)26-22(27-14-16-28-17-15-27)13-6-18-4-2-1-3-5-18/h1-10,13,21,24-25H,11-12,14-17H2/b13-6+,24-23?,26-22?. The van der Waals surface area contributed by atoms with E-state index in [0.717, 1.165) is 35.7 Å². The van der Waals surface area contributed by atoms with E-state index in [1.54, 1.807) is 0 Å². The predicted molar refractivity (Wildman–Crippen MR) is 115 cm³/mol.